The molecule has 0 bridgehead atoms. The first-order valence-corrected chi connectivity index (χ1v) is 7.18. The molecule has 0 radical (unpaired) electrons. The van der Waals surface area contributed by atoms with Crippen LogP contribution in [0.5, 0.6) is 0 Å². The zero-order chi connectivity index (χ0) is 12.6. The summed E-state index contributed by atoms with van der Waals surface area (Å²) in [7, 11) is -3.46. The van der Waals surface area contributed by atoms with Gasteiger partial charge in [-0.2, -0.15) is 4.31 Å². The zero-order valence-corrected chi connectivity index (χ0v) is 10.9. The third-order valence-electron chi connectivity index (χ3n) is 3.09. The summed E-state index contributed by atoms with van der Waals surface area (Å²) in [6, 6.07) is -0.0564. The second-order valence-corrected chi connectivity index (χ2v) is 6.21. The van der Waals surface area contributed by atoms with Crippen LogP contribution in [-0.4, -0.2) is 41.4 Å². The summed E-state index contributed by atoms with van der Waals surface area (Å²) >= 11 is 0. The number of nitrogens with two attached hydrogens (primary N) is 1. The first-order chi connectivity index (χ1) is 7.95. The number of rotatable bonds is 3. The number of hydrogen-bond acceptors (Lipinski definition) is 4. The number of nitrogens with zero attached hydrogens (tertiary/aromatic N) is 3. The standard InChI is InChI=1S/C10H18N4O2S/c1-3-13-7-10(12-8(13)2)17(15,16)14-5-4-9(11)6-14/h7,9H,3-6,11H2,1-2H3. The van der Waals surface area contributed by atoms with Crippen LogP contribution in [-0.2, 0) is 16.6 Å². The van der Waals surface area contributed by atoms with Crippen LogP contribution in [0, 0.1) is 6.92 Å². The summed E-state index contributed by atoms with van der Waals surface area (Å²) in [6.07, 6.45) is 2.31. The molecule has 1 aliphatic rings. The van der Waals surface area contributed by atoms with Crippen LogP contribution in [0.15, 0.2) is 11.2 Å². The molecule has 1 saturated heterocycles. The summed E-state index contributed by atoms with van der Waals surface area (Å²) in [5.74, 6) is 0.717. The van der Waals surface area contributed by atoms with Gasteiger partial charge in [-0.05, 0) is 20.3 Å². The molecule has 1 unspecified atom stereocenters. The predicted octanol–water partition coefficient (Wildman–Crippen LogP) is -0.0669. The Morgan fingerprint density at radius 3 is 2.76 bits per heavy atom. The lowest BCUT2D eigenvalue weighted by Crippen LogP contribution is -2.32. The van der Waals surface area contributed by atoms with Crippen LogP contribution in [0.4, 0.5) is 0 Å². The van der Waals surface area contributed by atoms with E-state index in [-0.39, 0.29) is 11.1 Å². The molecule has 0 aromatic carbocycles. The van der Waals surface area contributed by atoms with Gasteiger partial charge in [0.2, 0.25) is 0 Å². The normalized spacial score (nSPS) is 22.2. The smallest absolute Gasteiger partial charge is 0.262 e. The quantitative estimate of drug-likeness (QED) is 0.823. The van der Waals surface area contributed by atoms with Crippen molar-refractivity contribution in [2.75, 3.05) is 13.1 Å². The van der Waals surface area contributed by atoms with Crippen molar-refractivity contribution < 1.29 is 8.42 Å². The highest BCUT2D eigenvalue weighted by molar-refractivity contribution is 7.89. The summed E-state index contributed by atoms with van der Waals surface area (Å²) in [5.41, 5.74) is 5.73. The monoisotopic (exact) mass is 258 g/mol. The Morgan fingerprint density at radius 2 is 2.29 bits per heavy atom. The predicted molar refractivity (Wildman–Crippen MR) is 64.0 cm³/mol. The van der Waals surface area contributed by atoms with Crippen LogP contribution in [0.3, 0.4) is 0 Å². The van der Waals surface area contributed by atoms with E-state index in [1.807, 2.05) is 11.5 Å². The van der Waals surface area contributed by atoms with E-state index in [0.29, 0.717) is 26.1 Å². The second kappa shape index (κ2) is 4.40. The highest BCUT2D eigenvalue weighted by atomic mass is 32.2. The molecule has 2 rings (SSSR count). The molecule has 1 atom stereocenters. The first-order valence-electron chi connectivity index (χ1n) is 5.74. The van der Waals surface area contributed by atoms with Gasteiger partial charge < -0.3 is 10.3 Å². The van der Waals surface area contributed by atoms with E-state index in [2.05, 4.69) is 4.98 Å². The fraction of sp³-hybridized carbons (Fsp3) is 0.700. The van der Waals surface area contributed by atoms with Crippen LogP contribution >= 0.6 is 0 Å². The third kappa shape index (κ3) is 2.22. The Balaban J connectivity index is 2.31. The molecule has 0 amide bonds. The maximum absolute atomic E-state index is 12.3. The molecule has 1 aromatic rings. The molecule has 7 heteroatoms. The molecule has 6 nitrogen and oxygen atoms in total. The molecular formula is C10H18N4O2S. The minimum absolute atomic E-state index is 0.0564. The van der Waals surface area contributed by atoms with E-state index >= 15 is 0 Å². The molecule has 17 heavy (non-hydrogen) atoms. The van der Waals surface area contributed by atoms with Gasteiger partial charge in [-0.3, -0.25) is 0 Å². The average Bonchev–Trinajstić information content (AvgIpc) is 2.85. The molecule has 1 aliphatic heterocycles. The highest BCUT2D eigenvalue weighted by Gasteiger charge is 2.32. The van der Waals surface area contributed by atoms with E-state index in [9.17, 15) is 8.42 Å². The number of aryl methyl sites for hydroxylation is 2. The van der Waals surface area contributed by atoms with E-state index in [0.717, 1.165) is 5.82 Å². The van der Waals surface area contributed by atoms with Gasteiger partial charge in [0.1, 0.15) is 5.82 Å². The largest absolute Gasteiger partial charge is 0.334 e. The van der Waals surface area contributed by atoms with Crippen molar-refractivity contribution in [2.24, 2.45) is 5.73 Å². The number of sulfonamides is 1. The average molecular weight is 258 g/mol. The van der Waals surface area contributed by atoms with Gasteiger partial charge in [0.15, 0.2) is 5.03 Å². The highest BCUT2D eigenvalue weighted by Crippen LogP contribution is 2.19. The Morgan fingerprint density at radius 1 is 1.59 bits per heavy atom. The molecule has 0 aliphatic carbocycles. The summed E-state index contributed by atoms with van der Waals surface area (Å²) in [6.45, 7) is 5.35. The van der Waals surface area contributed by atoms with Crippen molar-refractivity contribution in [3.8, 4) is 0 Å². The molecule has 2 heterocycles. The summed E-state index contributed by atoms with van der Waals surface area (Å²) in [5, 5.41) is 0.131. The van der Waals surface area contributed by atoms with Gasteiger partial charge >= 0.3 is 0 Å². The van der Waals surface area contributed by atoms with Crippen molar-refractivity contribution >= 4 is 10.0 Å². The topological polar surface area (TPSA) is 81.2 Å². The van der Waals surface area contributed by atoms with Crippen molar-refractivity contribution in [3.63, 3.8) is 0 Å². The minimum Gasteiger partial charge on any atom is -0.334 e. The van der Waals surface area contributed by atoms with E-state index in [1.54, 1.807) is 13.1 Å². The molecule has 2 N–H and O–H groups in total. The molecular weight excluding hydrogens is 240 g/mol. The summed E-state index contributed by atoms with van der Waals surface area (Å²) in [4.78, 5) is 4.12. The number of hydrogen-bond donors (Lipinski definition) is 1. The molecule has 0 saturated carbocycles. The molecule has 1 fully saturated rings. The van der Waals surface area contributed by atoms with Crippen LogP contribution in [0.2, 0.25) is 0 Å². The first kappa shape index (κ1) is 12.5. The maximum atomic E-state index is 12.3. The van der Waals surface area contributed by atoms with Gasteiger partial charge in [0.25, 0.3) is 10.0 Å². The van der Waals surface area contributed by atoms with Crippen molar-refractivity contribution in [2.45, 2.75) is 37.9 Å². The van der Waals surface area contributed by atoms with Crippen LogP contribution in [0.25, 0.3) is 0 Å². The van der Waals surface area contributed by atoms with Crippen molar-refractivity contribution in [1.82, 2.24) is 13.9 Å². The van der Waals surface area contributed by atoms with Gasteiger partial charge in [0, 0.05) is 31.9 Å². The SMILES string of the molecule is CCn1cc(S(=O)(=O)N2CCC(N)C2)nc1C. The fourth-order valence-corrected chi connectivity index (χ4v) is 3.53. The van der Waals surface area contributed by atoms with E-state index < -0.39 is 10.0 Å². The second-order valence-electron chi connectivity index (χ2n) is 4.32. The van der Waals surface area contributed by atoms with Crippen molar-refractivity contribution in [1.29, 1.82) is 0 Å². The minimum atomic E-state index is -3.46. The zero-order valence-electron chi connectivity index (χ0n) is 10.1. The Bertz CT molecular complexity index is 508. The number of aromatic nitrogens is 2. The van der Waals surface area contributed by atoms with Crippen LogP contribution in [0.1, 0.15) is 19.2 Å². The lowest BCUT2D eigenvalue weighted by Gasteiger charge is -2.13. The molecule has 1 aromatic heterocycles. The fourth-order valence-electron chi connectivity index (χ4n) is 2.03. The maximum Gasteiger partial charge on any atom is 0.262 e. The van der Waals surface area contributed by atoms with Gasteiger partial charge in [0.05, 0.1) is 0 Å². The van der Waals surface area contributed by atoms with Crippen molar-refractivity contribution in [3.05, 3.63) is 12.0 Å². The third-order valence-corrected chi connectivity index (χ3v) is 4.82. The molecule has 0 spiro atoms. The van der Waals surface area contributed by atoms with Gasteiger partial charge in [-0.25, -0.2) is 13.4 Å². The van der Waals surface area contributed by atoms with Gasteiger partial charge in [-0.1, -0.05) is 0 Å². The Labute approximate surface area is 101 Å². The number of imidazole rings is 1. The van der Waals surface area contributed by atoms with Crippen LogP contribution < -0.4 is 5.73 Å². The van der Waals surface area contributed by atoms with E-state index in [4.69, 9.17) is 5.73 Å². The Hall–Kier alpha value is -0.920. The lowest BCUT2D eigenvalue weighted by atomic mass is 10.3. The van der Waals surface area contributed by atoms with Gasteiger partial charge in [-0.15, -0.1) is 0 Å². The van der Waals surface area contributed by atoms with E-state index in [1.165, 1.54) is 4.31 Å². The Kier molecular flexibility index (Phi) is 3.24. The summed E-state index contributed by atoms with van der Waals surface area (Å²) < 4.78 is 27.8. The molecule has 96 valence electrons. The lowest BCUT2D eigenvalue weighted by molar-refractivity contribution is 0.469.